The van der Waals surface area contributed by atoms with E-state index in [1.807, 2.05) is 26.0 Å². The maximum absolute atomic E-state index is 11.3. The Morgan fingerprint density at radius 2 is 2.07 bits per heavy atom. The lowest BCUT2D eigenvalue weighted by Gasteiger charge is -1.98. The average Bonchev–Trinajstić information content (AvgIpc) is 2.41. The molecule has 1 heterocycles. The monoisotopic (exact) mass is 266 g/mol. The van der Waals surface area contributed by atoms with Crippen LogP contribution in [0.25, 0.3) is 10.9 Å². The predicted molar refractivity (Wildman–Crippen MR) is 64.0 cm³/mol. The van der Waals surface area contributed by atoms with Crippen molar-refractivity contribution in [1.82, 2.24) is 4.98 Å². The number of aromatic nitrogens is 1. The molecule has 3 N–H and O–H groups in total. The van der Waals surface area contributed by atoms with Gasteiger partial charge in [-0.1, -0.05) is 15.9 Å². The zero-order valence-electron chi connectivity index (χ0n) is 8.52. The van der Waals surface area contributed by atoms with Crippen LogP contribution < -0.4 is 5.73 Å². The number of nitrogens with one attached hydrogen (secondary N) is 1. The number of nitrogens with two attached hydrogens (primary N) is 1. The molecular formula is C11H11BrN2O. The first-order valence-electron chi connectivity index (χ1n) is 4.59. The van der Waals surface area contributed by atoms with Crippen molar-refractivity contribution in [3.8, 4) is 0 Å². The molecule has 0 aliphatic rings. The zero-order chi connectivity index (χ0) is 11.2. The average molecular weight is 267 g/mol. The van der Waals surface area contributed by atoms with Crippen molar-refractivity contribution in [2.24, 2.45) is 5.73 Å². The van der Waals surface area contributed by atoms with Crippen LogP contribution in [0.2, 0.25) is 0 Å². The highest BCUT2D eigenvalue weighted by Gasteiger charge is 2.14. The molecule has 1 aromatic carbocycles. The summed E-state index contributed by atoms with van der Waals surface area (Å²) in [5, 5.41) is 0.881. The summed E-state index contributed by atoms with van der Waals surface area (Å²) in [7, 11) is 0. The van der Waals surface area contributed by atoms with Crippen LogP contribution in [0.3, 0.4) is 0 Å². The normalized spacial score (nSPS) is 10.9. The minimum atomic E-state index is -0.392. The van der Waals surface area contributed by atoms with Crippen molar-refractivity contribution in [2.75, 3.05) is 0 Å². The first-order chi connectivity index (χ1) is 7.00. The Labute approximate surface area is 95.8 Å². The van der Waals surface area contributed by atoms with Crippen LogP contribution in [-0.4, -0.2) is 10.9 Å². The summed E-state index contributed by atoms with van der Waals surface area (Å²) < 4.78 is 0.953. The van der Waals surface area contributed by atoms with Crippen LogP contribution in [0, 0.1) is 13.8 Å². The highest BCUT2D eigenvalue weighted by Crippen LogP contribution is 2.28. The van der Waals surface area contributed by atoms with Crippen molar-refractivity contribution in [3.05, 3.63) is 33.4 Å². The van der Waals surface area contributed by atoms with E-state index < -0.39 is 5.91 Å². The SMILES string of the molecule is Cc1[nH]c2c(C)cc(Br)cc2c1C(N)=O. The van der Waals surface area contributed by atoms with E-state index in [1.165, 1.54) is 0 Å². The summed E-state index contributed by atoms with van der Waals surface area (Å²) in [6.45, 7) is 3.85. The van der Waals surface area contributed by atoms with Gasteiger partial charge in [-0.15, -0.1) is 0 Å². The van der Waals surface area contributed by atoms with E-state index in [1.54, 1.807) is 0 Å². The number of H-pyrrole nitrogens is 1. The van der Waals surface area contributed by atoms with Crippen molar-refractivity contribution >= 4 is 32.7 Å². The second-order valence-corrected chi connectivity index (χ2v) is 4.55. The van der Waals surface area contributed by atoms with Crippen molar-refractivity contribution in [3.63, 3.8) is 0 Å². The fourth-order valence-electron chi connectivity index (χ4n) is 1.88. The molecule has 0 radical (unpaired) electrons. The number of benzene rings is 1. The molecule has 3 nitrogen and oxygen atoms in total. The smallest absolute Gasteiger partial charge is 0.251 e. The Morgan fingerprint density at radius 3 is 2.67 bits per heavy atom. The third-order valence-corrected chi connectivity index (χ3v) is 2.96. The van der Waals surface area contributed by atoms with Crippen LogP contribution in [0.5, 0.6) is 0 Å². The Bertz CT molecular complexity index is 557. The van der Waals surface area contributed by atoms with Gasteiger partial charge >= 0.3 is 0 Å². The first-order valence-corrected chi connectivity index (χ1v) is 5.38. The number of aryl methyl sites for hydroxylation is 2. The first kappa shape index (κ1) is 10.2. The van der Waals surface area contributed by atoms with Crippen LogP contribution in [-0.2, 0) is 0 Å². The highest BCUT2D eigenvalue weighted by atomic mass is 79.9. The van der Waals surface area contributed by atoms with E-state index in [9.17, 15) is 4.79 Å². The van der Waals surface area contributed by atoms with Crippen LogP contribution in [0.15, 0.2) is 16.6 Å². The summed E-state index contributed by atoms with van der Waals surface area (Å²) in [5.41, 5.74) is 8.82. The summed E-state index contributed by atoms with van der Waals surface area (Å²) in [6, 6.07) is 3.91. The van der Waals surface area contributed by atoms with Gasteiger partial charge in [-0.3, -0.25) is 4.79 Å². The van der Waals surface area contributed by atoms with Gasteiger partial charge in [-0.25, -0.2) is 0 Å². The lowest BCUT2D eigenvalue weighted by molar-refractivity contribution is 0.100. The second kappa shape index (κ2) is 3.38. The van der Waals surface area contributed by atoms with Gasteiger partial charge < -0.3 is 10.7 Å². The second-order valence-electron chi connectivity index (χ2n) is 3.63. The Hall–Kier alpha value is -1.29. The number of hydrogen-bond acceptors (Lipinski definition) is 1. The molecule has 0 aliphatic carbocycles. The number of aromatic amines is 1. The molecule has 0 atom stereocenters. The van der Waals surface area contributed by atoms with Crippen LogP contribution in [0.1, 0.15) is 21.6 Å². The number of primary amides is 1. The van der Waals surface area contributed by atoms with Crippen LogP contribution >= 0.6 is 15.9 Å². The standard InChI is InChI=1S/C11H11BrN2O/c1-5-3-7(12)4-8-9(11(13)15)6(2)14-10(5)8/h3-4,14H,1-2H3,(H2,13,15). The van der Waals surface area contributed by atoms with Gasteiger partial charge in [0.2, 0.25) is 0 Å². The van der Waals surface area contributed by atoms with Crippen LogP contribution in [0.4, 0.5) is 0 Å². The van der Waals surface area contributed by atoms with Gasteiger partial charge in [-0.05, 0) is 31.5 Å². The molecule has 0 saturated heterocycles. The van der Waals surface area contributed by atoms with E-state index in [4.69, 9.17) is 5.73 Å². The van der Waals surface area contributed by atoms with Gasteiger partial charge in [-0.2, -0.15) is 0 Å². The molecule has 0 spiro atoms. The summed E-state index contributed by atoms with van der Waals surface area (Å²) in [4.78, 5) is 14.5. The van der Waals surface area contributed by atoms with Crippen molar-refractivity contribution < 1.29 is 4.79 Å². The van der Waals surface area contributed by atoms with E-state index in [-0.39, 0.29) is 0 Å². The molecule has 0 saturated carbocycles. The Morgan fingerprint density at radius 1 is 1.40 bits per heavy atom. The summed E-state index contributed by atoms with van der Waals surface area (Å²) in [6.07, 6.45) is 0. The minimum Gasteiger partial charge on any atom is -0.366 e. The molecule has 2 rings (SSSR count). The molecule has 0 fully saturated rings. The fourth-order valence-corrected chi connectivity index (χ4v) is 2.45. The van der Waals surface area contributed by atoms with Gasteiger partial charge in [0.1, 0.15) is 0 Å². The Balaban J connectivity index is 2.93. The molecule has 0 aliphatic heterocycles. The van der Waals surface area contributed by atoms with Gasteiger partial charge in [0, 0.05) is 21.1 Å². The molecule has 15 heavy (non-hydrogen) atoms. The fraction of sp³-hybridized carbons (Fsp3) is 0.182. The summed E-state index contributed by atoms with van der Waals surface area (Å²) >= 11 is 3.41. The van der Waals surface area contributed by atoms with Gasteiger partial charge in [0.05, 0.1) is 5.56 Å². The molecule has 0 bridgehead atoms. The minimum absolute atomic E-state index is 0.392. The molecule has 1 aromatic heterocycles. The van der Waals surface area contributed by atoms with E-state index in [0.717, 1.165) is 26.6 Å². The number of rotatable bonds is 1. The third-order valence-electron chi connectivity index (χ3n) is 2.50. The molecule has 2 aromatic rings. The lowest BCUT2D eigenvalue weighted by atomic mass is 10.1. The number of fused-ring (bicyclic) bond motifs is 1. The third kappa shape index (κ3) is 1.55. The Kier molecular flexibility index (Phi) is 2.31. The maximum Gasteiger partial charge on any atom is 0.251 e. The number of carbonyl (C=O) groups excluding carboxylic acids is 1. The van der Waals surface area contributed by atoms with E-state index in [2.05, 4.69) is 20.9 Å². The number of amides is 1. The van der Waals surface area contributed by atoms with Crippen molar-refractivity contribution in [2.45, 2.75) is 13.8 Å². The van der Waals surface area contributed by atoms with Gasteiger partial charge in [0.25, 0.3) is 5.91 Å². The topological polar surface area (TPSA) is 58.9 Å². The highest BCUT2D eigenvalue weighted by molar-refractivity contribution is 9.10. The lowest BCUT2D eigenvalue weighted by Crippen LogP contribution is -2.11. The molecular weight excluding hydrogens is 256 g/mol. The quantitative estimate of drug-likeness (QED) is 0.819. The molecule has 0 unspecified atom stereocenters. The maximum atomic E-state index is 11.3. The number of halogens is 1. The van der Waals surface area contributed by atoms with E-state index >= 15 is 0 Å². The molecule has 4 heteroatoms. The van der Waals surface area contributed by atoms with E-state index in [0.29, 0.717) is 5.56 Å². The van der Waals surface area contributed by atoms with Crippen molar-refractivity contribution in [1.29, 1.82) is 0 Å². The number of carbonyl (C=O) groups is 1. The molecule has 1 amide bonds. The summed E-state index contributed by atoms with van der Waals surface area (Å²) in [5.74, 6) is -0.392. The predicted octanol–water partition coefficient (Wildman–Crippen LogP) is 2.65. The largest absolute Gasteiger partial charge is 0.366 e. The zero-order valence-corrected chi connectivity index (χ0v) is 10.1. The van der Waals surface area contributed by atoms with Gasteiger partial charge in [0.15, 0.2) is 0 Å². The number of hydrogen-bond donors (Lipinski definition) is 2. The molecule has 78 valence electrons.